The summed E-state index contributed by atoms with van der Waals surface area (Å²) in [6, 6.07) is 23.4. The van der Waals surface area contributed by atoms with Crippen LogP contribution in [0.5, 0.6) is 0 Å². The normalized spacial score (nSPS) is 11.4. The van der Waals surface area contributed by atoms with E-state index in [0.717, 1.165) is 11.1 Å². The predicted molar refractivity (Wildman–Crippen MR) is 96.4 cm³/mol. The number of nitrogens with zero attached hydrogens (tertiary/aromatic N) is 1. The van der Waals surface area contributed by atoms with Crippen LogP contribution in [-0.4, -0.2) is 0 Å². The van der Waals surface area contributed by atoms with E-state index in [1.807, 2.05) is 6.07 Å². The molecule has 0 aliphatic heterocycles. The van der Waals surface area contributed by atoms with Crippen LogP contribution in [0.1, 0.15) is 5.56 Å². The highest BCUT2D eigenvalue weighted by atomic mass is 32.1. The number of fused-ring (bicyclic) bond motifs is 3. The second-order valence-electron chi connectivity index (χ2n) is 5.71. The summed E-state index contributed by atoms with van der Waals surface area (Å²) in [4.78, 5) is 1.25. The van der Waals surface area contributed by atoms with E-state index < -0.39 is 0 Å². The van der Waals surface area contributed by atoms with Gasteiger partial charge in [-0.05, 0) is 39.4 Å². The topological polar surface area (TPSA) is 23.8 Å². The van der Waals surface area contributed by atoms with Gasteiger partial charge in [0.1, 0.15) is 0 Å². The van der Waals surface area contributed by atoms with Crippen molar-refractivity contribution in [1.82, 2.24) is 0 Å². The Labute approximate surface area is 138 Å². The van der Waals surface area contributed by atoms with Crippen LogP contribution in [0.3, 0.4) is 0 Å². The van der Waals surface area contributed by atoms with Crippen molar-refractivity contribution in [2.24, 2.45) is 0 Å². The summed E-state index contributed by atoms with van der Waals surface area (Å²) < 4.78 is 0. The number of benzene rings is 3. The quantitative estimate of drug-likeness (QED) is 0.368. The molecule has 5 rings (SSSR count). The van der Waals surface area contributed by atoms with Crippen molar-refractivity contribution in [2.45, 2.75) is 0 Å². The van der Waals surface area contributed by atoms with Gasteiger partial charge in [0.2, 0.25) is 0 Å². The summed E-state index contributed by atoms with van der Waals surface area (Å²) in [7, 11) is 0. The Morgan fingerprint density at radius 1 is 0.739 bits per heavy atom. The summed E-state index contributed by atoms with van der Waals surface area (Å²) in [6.07, 6.45) is 0. The van der Waals surface area contributed by atoms with Gasteiger partial charge in [-0.3, -0.25) is 0 Å². The largest absolute Gasteiger partial charge is 0.192 e. The van der Waals surface area contributed by atoms with Crippen LogP contribution in [0, 0.1) is 11.3 Å². The SMILES string of the molecule is N#Cc1ccc(-c2cccs2)c2c1-c1cccc3cccc-2c13. The van der Waals surface area contributed by atoms with Crippen LogP contribution in [-0.2, 0) is 0 Å². The standard InChI is InChI=1S/C21H11NS/c22-12-14-9-10-15(18-8-3-11-23-18)21-17-7-2-5-13-4-1-6-16(19(13)17)20(14)21/h1-11H. The molecule has 0 unspecified atom stereocenters. The summed E-state index contributed by atoms with van der Waals surface area (Å²) in [5.74, 6) is 0. The molecule has 0 atom stereocenters. The Balaban J connectivity index is 2.00. The van der Waals surface area contributed by atoms with Gasteiger partial charge in [-0.15, -0.1) is 11.3 Å². The Kier molecular flexibility index (Phi) is 2.50. The number of hydrogen-bond donors (Lipinski definition) is 0. The molecule has 1 aliphatic rings. The maximum Gasteiger partial charge on any atom is 0.0998 e. The van der Waals surface area contributed by atoms with Crippen molar-refractivity contribution in [1.29, 1.82) is 5.26 Å². The highest BCUT2D eigenvalue weighted by Gasteiger charge is 2.26. The monoisotopic (exact) mass is 309 g/mol. The summed E-state index contributed by atoms with van der Waals surface area (Å²) >= 11 is 1.74. The second-order valence-corrected chi connectivity index (χ2v) is 6.66. The first-order valence-electron chi connectivity index (χ1n) is 7.52. The van der Waals surface area contributed by atoms with Crippen molar-refractivity contribution >= 4 is 22.1 Å². The Hall–Kier alpha value is -2.89. The molecule has 0 N–H and O–H groups in total. The summed E-state index contributed by atoms with van der Waals surface area (Å²) in [5, 5.41) is 14.2. The van der Waals surface area contributed by atoms with Crippen molar-refractivity contribution in [3.63, 3.8) is 0 Å². The number of thiophene rings is 1. The Morgan fingerprint density at radius 3 is 2.22 bits per heavy atom. The fraction of sp³-hybridized carbons (Fsp3) is 0. The third-order valence-corrected chi connectivity index (χ3v) is 5.46. The van der Waals surface area contributed by atoms with Crippen molar-refractivity contribution in [3.8, 4) is 38.8 Å². The van der Waals surface area contributed by atoms with E-state index >= 15 is 0 Å². The molecule has 1 aliphatic carbocycles. The molecular formula is C21H11NS. The Bertz CT molecular complexity index is 1110. The molecular weight excluding hydrogens is 298 g/mol. The lowest BCUT2D eigenvalue weighted by atomic mass is 9.93. The van der Waals surface area contributed by atoms with Gasteiger partial charge in [-0.1, -0.05) is 48.5 Å². The maximum absolute atomic E-state index is 9.61. The molecule has 0 bridgehead atoms. The minimum absolute atomic E-state index is 0.754. The van der Waals surface area contributed by atoms with Crippen molar-refractivity contribution in [3.05, 3.63) is 71.6 Å². The van der Waals surface area contributed by atoms with E-state index in [9.17, 15) is 5.26 Å². The second kappa shape index (κ2) is 4.55. The van der Waals surface area contributed by atoms with Crippen molar-refractivity contribution in [2.75, 3.05) is 0 Å². The van der Waals surface area contributed by atoms with Crippen LogP contribution < -0.4 is 0 Å². The summed E-state index contributed by atoms with van der Waals surface area (Å²) in [5.41, 5.74) is 6.70. The summed E-state index contributed by atoms with van der Waals surface area (Å²) in [6.45, 7) is 0. The van der Waals surface area contributed by atoms with Gasteiger partial charge >= 0.3 is 0 Å². The maximum atomic E-state index is 9.61. The molecule has 0 amide bonds. The van der Waals surface area contributed by atoms with E-state index in [4.69, 9.17) is 0 Å². The number of rotatable bonds is 1. The van der Waals surface area contributed by atoms with Crippen molar-refractivity contribution < 1.29 is 0 Å². The molecule has 0 saturated carbocycles. The van der Waals surface area contributed by atoms with Gasteiger partial charge in [-0.25, -0.2) is 0 Å². The number of nitriles is 1. The molecule has 1 aromatic heterocycles. The molecule has 3 aromatic carbocycles. The van der Waals surface area contributed by atoms with Gasteiger partial charge in [0, 0.05) is 21.6 Å². The molecule has 0 spiro atoms. The third kappa shape index (κ3) is 1.60. The molecule has 2 heteroatoms. The first kappa shape index (κ1) is 12.6. The molecule has 23 heavy (non-hydrogen) atoms. The van der Waals surface area contributed by atoms with Crippen LogP contribution >= 0.6 is 11.3 Å². The zero-order chi connectivity index (χ0) is 15.4. The fourth-order valence-corrected chi connectivity index (χ4v) is 4.41. The molecule has 106 valence electrons. The van der Waals surface area contributed by atoms with Gasteiger partial charge in [0.15, 0.2) is 0 Å². The highest BCUT2D eigenvalue weighted by Crippen LogP contribution is 2.52. The van der Waals surface area contributed by atoms with E-state index in [0.29, 0.717) is 0 Å². The zero-order valence-electron chi connectivity index (χ0n) is 12.2. The fourth-order valence-electron chi connectivity index (χ4n) is 3.65. The molecule has 0 radical (unpaired) electrons. The highest BCUT2D eigenvalue weighted by molar-refractivity contribution is 7.13. The minimum Gasteiger partial charge on any atom is -0.192 e. The van der Waals surface area contributed by atoms with Gasteiger partial charge in [-0.2, -0.15) is 5.26 Å². The van der Waals surface area contributed by atoms with E-state index in [1.165, 1.54) is 37.9 Å². The van der Waals surface area contributed by atoms with E-state index in [1.54, 1.807) is 11.3 Å². The van der Waals surface area contributed by atoms with Crippen LogP contribution in [0.15, 0.2) is 66.0 Å². The lowest BCUT2D eigenvalue weighted by Gasteiger charge is -2.10. The lowest BCUT2D eigenvalue weighted by molar-refractivity contribution is 1.49. The minimum atomic E-state index is 0.754. The molecule has 0 fully saturated rings. The first-order valence-corrected chi connectivity index (χ1v) is 8.40. The Morgan fingerprint density at radius 2 is 1.52 bits per heavy atom. The lowest BCUT2D eigenvalue weighted by Crippen LogP contribution is -1.87. The molecule has 4 aromatic rings. The zero-order valence-corrected chi connectivity index (χ0v) is 13.0. The average Bonchev–Trinajstić information content (AvgIpc) is 3.24. The van der Waals surface area contributed by atoms with Crippen LogP contribution in [0.25, 0.3) is 43.5 Å². The average molecular weight is 309 g/mol. The molecule has 0 saturated heterocycles. The van der Waals surface area contributed by atoms with Gasteiger partial charge in [0.05, 0.1) is 11.6 Å². The van der Waals surface area contributed by atoms with E-state index in [2.05, 4.69) is 66.0 Å². The van der Waals surface area contributed by atoms with Gasteiger partial charge < -0.3 is 0 Å². The smallest absolute Gasteiger partial charge is 0.0998 e. The van der Waals surface area contributed by atoms with E-state index in [-0.39, 0.29) is 0 Å². The van der Waals surface area contributed by atoms with Crippen LogP contribution in [0.2, 0.25) is 0 Å². The predicted octanol–water partition coefficient (Wildman–Crippen LogP) is 6.09. The first-order chi connectivity index (χ1) is 11.4. The van der Waals surface area contributed by atoms with Gasteiger partial charge in [0.25, 0.3) is 0 Å². The molecule has 1 heterocycles. The molecule has 1 nitrogen and oxygen atoms in total. The third-order valence-electron chi connectivity index (χ3n) is 4.56. The number of hydrogen-bond acceptors (Lipinski definition) is 2. The van der Waals surface area contributed by atoms with Crippen LogP contribution in [0.4, 0.5) is 0 Å².